The van der Waals surface area contributed by atoms with Crippen molar-refractivity contribution < 1.29 is 4.79 Å². The van der Waals surface area contributed by atoms with Gasteiger partial charge in [0.05, 0.1) is 18.6 Å². The Hall–Kier alpha value is -2.51. The van der Waals surface area contributed by atoms with Gasteiger partial charge in [0.25, 0.3) is 5.56 Å². The molecule has 0 saturated heterocycles. The summed E-state index contributed by atoms with van der Waals surface area (Å²) in [7, 11) is 0. The van der Waals surface area contributed by atoms with Crippen molar-refractivity contribution in [2.24, 2.45) is 0 Å². The zero-order valence-corrected chi connectivity index (χ0v) is 16.1. The molecule has 2 aromatic heterocycles. The van der Waals surface area contributed by atoms with Crippen LogP contribution in [0.2, 0.25) is 0 Å². The molecule has 3 aromatic rings. The van der Waals surface area contributed by atoms with Gasteiger partial charge < -0.3 is 9.88 Å². The smallest absolute Gasteiger partial charge is 0.268 e. The molecule has 7 heteroatoms. The number of hydrogen-bond acceptors (Lipinski definition) is 5. The molecule has 140 valence electrons. The fourth-order valence-corrected chi connectivity index (χ4v) is 4.34. The quantitative estimate of drug-likeness (QED) is 0.712. The van der Waals surface area contributed by atoms with Gasteiger partial charge in [-0.2, -0.15) is 0 Å². The van der Waals surface area contributed by atoms with E-state index in [0.717, 1.165) is 37.1 Å². The van der Waals surface area contributed by atoms with E-state index in [9.17, 15) is 9.59 Å². The number of H-pyrrole nitrogens is 1. The first-order valence-electron chi connectivity index (χ1n) is 9.22. The molecule has 4 rings (SSSR count). The van der Waals surface area contributed by atoms with Gasteiger partial charge in [-0.05, 0) is 42.5 Å². The Morgan fingerprint density at radius 3 is 3.04 bits per heavy atom. The van der Waals surface area contributed by atoms with E-state index >= 15 is 0 Å². The molecule has 0 fully saturated rings. The van der Waals surface area contributed by atoms with Crippen molar-refractivity contribution in [3.8, 4) is 0 Å². The molecule has 0 bridgehead atoms. The highest BCUT2D eigenvalue weighted by Crippen LogP contribution is 2.27. The molecule has 0 radical (unpaired) electrons. The molecule has 1 aliphatic heterocycles. The Labute approximate surface area is 161 Å². The molecular weight excluding hydrogens is 360 g/mol. The predicted molar refractivity (Wildman–Crippen MR) is 108 cm³/mol. The lowest BCUT2D eigenvalue weighted by Gasteiger charge is -2.24. The third kappa shape index (κ3) is 3.65. The number of rotatable bonds is 6. The molecule has 1 amide bonds. The first kappa shape index (κ1) is 17.9. The molecule has 0 atom stereocenters. The fraction of sp³-hybridized carbons (Fsp3) is 0.350. The molecule has 27 heavy (non-hydrogen) atoms. The summed E-state index contributed by atoms with van der Waals surface area (Å²) in [5.74, 6) is 0.696. The zero-order chi connectivity index (χ0) is 18.8. The van der Waals surface area contributed by atoms with Crippen LogP contribution in [0.1, 0.15) is 24.7 Å². The average Bonchev–Trinajstić information content (AvgIpc) is 3.28. The number of amides is 1. The highest BCUT2D eigenvalue weighted by Gasteiger charge is 2.25. The van der Waals surface area contributed by atoms with Crippen molar-refractivity contribution in [3.05, 3.63) is 57.5 Å². The minimum absolute atomic E-state index is 0.0901. The Morgan fingerprint density at radius 2 is 2.19 bits per heavy atom. The van der Waals surface area contributed by atoms with Crippen LogP contribution >= 0.6 is 11.3 Å². The lowest BCUT2D eigenvalue weighted by Crippen LogP contribution is -2.40. The van der Waals surface area contributed by atoms with E-state index in [-0.39, 0.29) is 11.5 Å². The van der Waals surface area contributed by atoms with Crippen LogP contribution < -0.4 is 10.5 Å². The summed E-state index contributed by atoms with van der Waals surface area (Å²) in [5, 5.41) is 1.87. The van der Waals surface area contributed by atoms with E-state index in [2.05, 4.69) is 27.9 Å². The molecule has 3 heterocycles. The highest BCUT2D eigenvalue weighted by atomic mass is 32.1. The predicted octanol–water partition coefficient (Wildman–Crippen LogP) is 2.79. The van der Waals surface area contributed by atoms with Crippen molar-refractivity contribution in [1.82, 2.24) is 14.9 Å². The number of hydrogen-bond donors (Lipinski definition) is 1. The summed E-state index contributed by atoms with van der Waals surface area (Å²) in [5.41, 5.74) is 2.85. The maximum atomic E-state index is 12.9. The molecule has 0 saturated carbocycles. The van der Waals surface area contributed by atoms with Crippen LogP contribution in [0.5, 0.6) is 0 Å². The average molecular weight is 382 g/mol. The van der Waals surface area contributed by atoms with E-state index < -0.39 is 0 Å². The van der Waals surface area contributed by atoms with Gasteiger partial charge in [0.2, 0.25) is 5.91 Å². The fourth-order valence-electron chi connectivity index (χ4n) is 3.61. The van der Waals surface area contributed by atoms with Gasteiger partial charge in [0.15, 0.2) is 0 Å². The molecule has 1 aromatic carbocycles. The van der Waals surface area contributed by atoms with Gasteiger partial charge in [-0.25, -0.2) is 4.98 Å². The summed E-state index contributed by atoms with van der Waals surface area (Å²) in [6.07, 6.45) is 1.83. The van der Waals surface area contributed by atoms with Crippen molar-refractivity contribution >= 4 is 33.1 Å². The number of thiophene rings is 1. The van der Waals surface area contributed by atoms with Crippen molar-refractivity contribution in [2.75, 3.05) is 24.5 Å². The summed E-state index contributed by atoms with van der Waals surface area (Å²) in [4.78, 5) is 36.4. The monoisotopic (exact) mass is 382 g/mol. The van der Waals surface area contributed by atoms with Crippen LogP contribution in [-0.2, 0) is 17.8 Å². The first-order valence-corrected chi connectivity index (χ1v) is 10.1. The summed E-state index contributed by atoms with van der Waals surface area (Å²) < 4.78 is 0.644. The zero-order valence-electron chi connectivity index (χ0n) is 15.3. The molecule has 1 aliphatic rings. The largest absolute Gasteiger partial charge is 0.311 e. The minimum Gasteiger partial charge on any atom is -0.311 e. The number of fused-ring (bicyclic) bond motifs is 2. The van der Waals surface area contributed by atoms with Crippen LogP contribution in [0, 0.1) is 0 Å². The standard InChI is InChI=1S/C20H22N4O2S/c1-2-9-23(12-17-21-15-8-11-27-19(15)20(26)22-17)13-18(25)24-10-7-14-5-3-4-6-16(14)24/h3-6,8,11H,2,7,9-10,12-13H2,1H3,(H,21,22,26). The molecule has 6 nitrogen and oxygen atoms in total. The Bertz CT molecular complexity index is 1030. The van der Waals surface area contributed by atoms with Gasteiger partial charge in [0.1, 0.15) is 10.5 Å². The minimum atomic E-state index is -0.110. The molecule has 1 N–H and O–H groups in total. The normalized spacial score (nSPS) is 13.5. The number of aromatic nitrogens is 2. The SMILES string of the molecule is CCCN(CC(=O)N1CCc2ccccc21)Cc1nc2ccsc2c(=O)[nH]1. The van der Waals surface area contributed by atoms with Crippen molar-refractivity contribution in [3.63, 3.8) is 0 Å². The lowest BCUT2D eigenvalue weighted by molar-refractivity contribution is -0.119. The van der Waals surface area contributed by atoms with E-state index in [1.165, 1.54) is 16.9 Å². The van der Waals surface area contributed by atoms with Crippen molar-refractivity contribution in [1.29, 1.82) is 0 Å². The maximum Gasteiger partial charge on any atom is 0.268 e. The second kappa shape index (κ2) is 7.62. The van der Waals surface area contributed by atoms with Gasteiger partial charge in [0, 0.05) is 12.2 Å². The van der Waals surface area contributed by atoms with Gasteiger partial charge in [-0.1, -0.05) is 25.1 Å². The number of nitrogens with one attached hydrogen (secondary N) is 1. The van der Waals surface area contributed by atoms with E-state index in [4.69, 9.17) is 0 Å². The van der Waals surface area contributed by atoms with Gasteiger partial charge in [-0.3, -0.25) is 14.5 Å². The summed E-state index contributed by atoms with van der Waals surface area (Å²) in [6, 6.07) is 9.93. The van der Waals surface area contributed by atoms with Gasteiger partial charge in [-0.15, -0.1) is 11.3 Å². The number of anilines is 1. The van der Waals surface area contributed by atoms with E-state index in [1.807, 2.05) is 34.5 Å². The topological polar surface area (TPSA) is 69.3 Å². The lowest BCUT2D eigenvalue weighted by atomic mass is 10.2. The van der Waals surface area contributed by atoms with E-state index in [0.29, 0.717) is 23.6 Å². The highest BCUT2D eigenvalue weighted by molar-refractivity contribution is 7.17. The van der Waals surface area contributed by atoms with Crippen LogP contribution in [-0.4, -0.2) is 40.4 Å². The Balaban J connectivity index is 1.51. The van der Waals surface area contributed by atoms with Crippen molar-refractivity contribution in [2.45, 2.75) is 26.3 Å². The molecule has 0 aliphatic carbocycles. The number of nitrogens with zero attached hydrogens (tertiary/aromatic N) is 3. The van der Waals surface area contributed by atoms with Gasteiger partial charge >= 0.3 is 0 Å². The maximum absolute atomic E-state index is 12.9. The second-order valence-corrected chi connectivity index (χ2v) is 7.70. The van der Waals surface area contributed by atoms with Crippen LogP contribution in [0.4, 0.5) is 5.69 Å². The Kier molecular flexibility index (Phi) is 5.05. The van der Waals surface area contributed by atoms with Crippen LogP contribution in [0.15, 0.2) is 40.5 Å². The number of benzene rings is 1. The second-order valence-electron chi connectivity index (χ2n) is 6.78. The molecule has 0 unspecified atom stereocenters. The Morgan fingerprint density at radius 1 is 1.33 bits per heavy atom. The number of carbonyl (C=O) groups is 1. The van der Waals surface area contributed by atoms with E-state index in [1.54, 1.807) is 0 Å². The number of para-hydroxylation sites is 1. The summed E-state index contributed by atoms with van der Waals surface area (Å²) >= 11 is 1.39. The van der Waals surface area contributed by atoms with Crippen LogP contribution in [0.3, 0.4) is 0 Å². The third-order valence-electron chi connectivity index (χ3n) is 4.82. The first-order chi connectivity index (χ1) is 13.2. The third-order valence-corrected chi connectivity index (χ3v) is 5.73. The number of aromatic amines is 1. The summed E-state index contributed by atoms with van der Waals surface area (Å²) in [6.45, 7) is 4.35. The van der Waals surface area contributed by atoms with Crippen LogP contribution in [0.25, 0.3) is 10.2 Å². The molecular formula is C20H22N4O2S. The molecule has 0 spiro atoms. The number of carbonyl (C=O) groups excluding carboxylic acids is 1.